The highest BCUT2D eigenvalue weighted by molar-refractivity contribution is 7.27. The summed E-state index contributed by atoms with van der Waals surface area (Å²) in [6, 6.07) is 66.9. The SMILES string of the molecule is CC1(C)c2ccccc2-c2cc3c4c(c21)N1c2ccccc2C(c2ccccc2)(c2ccccc2)c2cccc(c21)B4n1c2c-3cccc2c2sc3ccccc3c21. The van der Waals surface area contributed by atoms with Crippen molar-refractivity contribution in [2.24, 2.45) is 0 Å². The highest BCUT2D eigenvalue weighted by atomic mass is 32.1. The summed E-state index contributed by atoms with van der Waals surface area (Å²) in [7, 11) is 0. The summed E-state index contributed by atoms with van der Waals surface area (Å²) in [5.41, 5.74) is 22.0. The normalized spacial score (nSPS) is 15.6. The van der Waals surface area contributed by atoms with Gasteiger partial charge in [-0.2, -0.15) is 0 Å². The summed E-state index contributed by atoms with van der Waals surface area (Å²) in [6.45, 7) is 4.88. The van der Waals surface area contributed by atoms with E-state index in [4.69, 9.17) is 0 Å². The van der Waals surface area contributed by atoms with Crippen molar-refractivity contribution in [3.8, 4) is 22.3 Å². The third-order valence-corrected chi connectivity index (χ3v) is 15.4. The number of hydrogen-bond acceptors (Lipinski definition) is 2. The largest absolute Gasteiger partial charge is 0.374 e. The van der Waals surface area contributed by atoms with Crippen LogP contribution in [0.5, 0.6) is 0 Å². The zero-order valence-electron chi connectivity index (χ0n) is 32.1. The van der Waals surface area contributed by atoms with Crippen molar-refractivity contribution in [3.05, 3.63) is 209 Å². The zero-order chi connectivity index (χ0) is 38.1. The van der Waals surface area contributed by atoms with Crippen LogP contribution >= 0.6 is 11.3 Å². The van der Waals surface area contributed by atoms with Gasteiger partial charge in [0.15, 0.2) is 0 Å². The molecular formula is C54H35BN2S. The van der Waals surface area contributed by atoms with Crippen LogP contribution < -0.4 is 15.8 Å². The molecule has 2 nitrogen and oxygen atoms in total. The molecule has 58 heavy (non-hydrogen) atoms. The van der Waals surface area contributed by atoms with Gasteiger partial charge in [-0.05, 0) is 79.2 Å². The van der Waals surface area contributed by atoms with E-state index in [9.17, 15) is 0 Å². The van der Waals surface area contributed by atoms with E-state index in [-0.39, 0.29) is 12.3 Å². The van der Waals surface area contributed by atoms with Crippen LogP contribution in [0.4, 0.5) is 17.1 Å². The Kier molecular flexibility index (Phi) is 5.78. The Morgan fingerprint density at radius 3 is 1.95 bits per heavy atom. The molecule has 14 rings (SSSR count). The molecule has 0 bridgehead atoms. The molecular weight excluding hydrogens is 719 g/mol. The van der Waals surface area contributed by atoms with E-state index in [0.29, 0.717) is 0 Å². The highest BCUT2D eigenvalue weighted by Crippen LogP contribution is 2.63. The molecule has 0 saturated heterocycles. The summed E-state index contributed by atoms with van der Waals surface area (Å²) < 4.78 is 5.49. The lowest BCUT2D eigenvalue weighted by molar-refractivity contribution is 0.660. The molecule has 8 aromatic carbocycles. The molecule has 270 valence electrons. The number of benzene rings is 8. The van der Waals surface area contributed by atoms with Crippen molar-refractivity contribution >= 4 is 77.4 Å². The van der Waals surface area contributed by atoms with Crippen molar-refractivity contribution in [2.75, 3.05) is 4.90 Å². The third kappa shape index (κ3) is 3.48. The van der Waals surface area contributed by atoms with Crippen molar-refractivity contribution in [1.82, 2.24) is 4.48 Å². The lowest BCUT2D eigenvalue weighted by Gasteiger charge is -2.51. The van der Waals surface area contributed by atoms with E-state index in [2.05, 4.69) is 199 Å². The Hall–Kier alpha value is -6.62. The molecule has 3 aliphatic heterocycles. The lowest BCUT2D eigenvalue weighted by Crippen LogP contribution is -2.59. The molecule has 2 aromatic heterocycles. The van der Waals surface area contributed by atoms with Crippen LogP contribution in [0.2, 0.25) is 0 Å². The maximum Gasteiger partial charge on any atom is 0.333 e. The minimum absolute atomic E-state index is 0.0385. The van der Waals surface area contributed by atoms with Gasteiger partial charge in [0.05, 0.1) is 21.3 Å². The minimum atomic E-state index is -0.555. The second-order valence-corrected chi connectivity index (χ2v) is 18.2. The van der Waals surface area contributed by atoms with Gasteiger partial charge in [0, 0.05) is 43.3 Å². The molecule has 0 N–H and O–H groups in total. The van der Waals surface area contributed by atoms with Gasteiger partial charge in [0.25, 0.3) is 0 Å². The fraction of sp³-hybridized carbons (Fsp3) is 0.0741. The Morgan fingerprint density at radius 2 is 1.14 bits per heavy atom. The van der Waals surface area contributed by atoms with Crippen molar-refractivity contribution in [1.29, 1.82) is 0 Å². The molecule has 4 heteroatoms. The molecule has 1 aliphatic carbocycles. The molecule has 0 spiro atoms. The number of para-hydroxylation sites is 3. The molecule has 10 aromatic rings. The number of rotatable bonds is 2. The lowest BCUT2D eigenvalue weighted by atomic mass is 9.43. The van der Waals surface area contributed by atoms with Gasteiger partial charge in [-0.15, -0.1) is 11.3 Å². The monoisotopic (exact) mass is 754 g/mol. The predicted octanol–water partition coefficient (Wildman–Crippen LogP) is 12.4. The number of aromatic nitrogens is 1. The van der Waals surface area contributed by atoms with Crippen LogP contribution in [0.15, 0.2) is 176 Å². The van der Waals surface area contributed by atoms with E-state index in [1.165, 1.54) is 115 Å². The zero-order valence-corrected chi connectivity index (χ0v) is 32.9. The second-order valence-electron chi connectivity index (χ2n) is 17.1. The minimum Gasteiger partial charge on any atom is -0.374 e. The van der Waals surface area contributed by atoms with E-state index in [1.54, 1.807) is 0 Å². The first-order chi connectivity index (χ1) is 28.6. The smallest absolute Gasteiger partial charge is 0.333 e. The number of hydrogen-bond donors (Lipinski definition) is 0. The van der Waals surface area contributed by atoms with Gasteiger partial charge >= 0.3 is 6.85 Å². The van der Waals surface area contributed by atoms with Crippen molar-refractivity contribution in [3.63, 3.8) is 0 Å². The first-order valence-electron chi connectivity index (χ1n) is 20.5. The second kappa shape index (κ2) is 10.7. The number of fused-ring (bicyclic) bond motifs is 15. The van der Waals surface area contributed by atoms with Gasteiger partial charge in [-0.1, -0.05) is 172 Å². The molecule has 4 aliphatic rings. The van der Waals surface area contributed by atoms with E-state index >= 15 is 0 Å². The third-order valence-electron chi connectivity index (χ3n) is 14.2. The van der Waals surface area contributed by atoms with Gasteiger partial charge in [0.2, 0.25) is 0 Å². The topological polar surface area (TPSA) is 8.17 Å². The average Bonchev–Trinajstić information content (AvgIpc) is 3.89. The van der Waals surface area contributed by atoms with Gasteiger partial charge < -0.3 is 9.38 Å². The standard InChI is InChI=1S/C54H35BN2S/c1-53(2)40-25-11-9-21-34(40)38-31-39-35-23-15-24-37-48(35)57(49-36-22-10-14-30-45(36)58-52(37)49)55-43-28-16-27-42-50(43)56(51(46(38)53)47(39)55)44-29-13-12-26-41(44)54(42,32-17-5-3-6-18-32)33-19-7-4-8-20-33/h3-31H,1-2H3. The number of thiophene rings is 1. The van der Waals surface area contributed by atoms with Crippen LogP contribution in [0, 0.1) is 0 Å². The maximum absolute atomic E-state index is 2.77. The van der Waals surface area contributed by atoms with Gasteiger partial charge in [0.1, 0.15) is 0 Å². The van der Waals surface area contributed by atoms with Gasteiger partial charge in [-0.25, -0.2) is 0 Å². The summed E-state index contributed by atoms with van der Waals surface area (Å²) in [5.74, 6) is 0. The fourth-order valence-electron chi connectivity index (χ4n) is 12.1. The van der Waals surface area contributed by atoms with E-state index < -0.39 is 5.41 Å². The molecule has 0 amide bonds. The quantitative estimate of drug-likeness (QED) is 0.160. The molecule has 0 atom stereocenters. The molecule has 0 saturated carbocycles. The van der Waals surface area contributed by atoms with Crippen LogP contribution in [0.1, 0.15) is 47.2 Å². The van der Waals surface area contributed by atoms with Gasteiger partial charge in [-0.3, -0.25) is 0 Å². The Bertz CT molecular complexity index is 3410. The van der Waals surface area contributed by atoms with Crippen LogP contribution in [0.25, 0.3) is 53.5 Å². The summed E-state index contributed by atoms with van der Waals surface area (Å²) >= 11 is 1.94. The summed E-state index contributed by atoms with van der Waals surface area (Å²) in [4.78, 5) is 2.73. The van der Waals surface area contributed by atoms with E-state index in [0.717, 1.165) is 0 Å². The van der Waals surface area contributed by atoms with E-state index in [1.807, 2.05) is 11.3 Å². The highest BCUT2D eigenvalue weighted by Gasteiger charge is 2.54. The molecule has 0 fully saturated rings. The summed E-state index contributed by atoms with van der Waals surface area (Å²) in [6.07, 6.45) is 0. The molecule has 0 unspecified atom stereocenters. The Balaban J connectivity index is 1.23. The first kappa shape index (κ1) is 31.5. The molecule has 5 heterocycles. The average molecular weight is 755 g/mol. The fourth-order valence-corrected chi connectivity index (χ4v) is 13.3. The number of anilines is 3. The van der Waals surface area contributed by atoms with Crippen molar-refractivity contribution in [2.45, 2.75) is 24.7 Å². The number of nitrogens with zero attached hydrogens (tertiary/aromatic N) is 2. The first-order valence-corrected chi connectivity index (χ1v) is 21.3. The van der Waals surface area contributed by atoms with Crippen LogP contribution in [0.3, 0.4) is 0 Å². The maximum atomic E-state index is 2.77. The van der Waals surface area contributed by atoms with Crippen molar-refractivity contribution < 1.29 is 0 Å². The summed E-state index contributed by atoms with van der Waals surface area (Å²) in [5, 5.41) is 2.69. The predicted molar refractivity (Wildman–Crippen MR) is 245 cm³/mol. The van der Waals surface area contributed by atoms with Crippen LogP contribution in [-0.4, -0.2) is 11.3 Å². The molecule has 0 radical (unpaired) electrons. The Labute approximate surface area is 341 Å². The van der Waals surface area contributed by atoms with Crippen LogP contribution in [-0.2, 0) is 10.8 Å². The Morgan fingerprint density at radius 1 is 0.500 bits per heavy atom.